The molecule has 2 aliphatic rings. The van der Waals surface area contributed by atoms with E-state index in [4.69, 9.17) is 11.6 Å². The van der Waals surface area contributed by atoms with Crippen LogP contribution < -0.4 is 10.6 Å². The normalized spacial score (nSPS) is 18.1. The Labute approximate surface area is 203 Å². The molecule has 1 aliphatic carbocycles. The fraction of sp³-hybridized carbons (Fsp3) is 0.391. The van der Waals surface area contributed by atoms with Gasteiger partial charge in [-0.1, -0.05) is 24.1 Å². The van der Waals surface area contributed by atoms with Gasteiger partial charge in [0.25, 0.3) is 0 Å². The van der Waals surface area contributed by atoms with Crippen LogP contribution in [0.15, 0.2) is 47.9 Å². The summed E-state index contributed by atoms with van der Waals surface area (Å²) in [7, 11) is -3.54. The molecule has 1 atom stereocenters. The minimum absolute atomic E-state index is 0.00933. The number of likely N-dealkylation sites (tertiary alicyclic amines) is 1. The first-order valence-corrected chi connectivity index (χ1v) is 13.4. The molecular weight excluding hydrogens is 474 g/mol. The summed E-state index contributed by atoms with van der Waals surface area (Å²) < 4.78 is 24.2. The van der Waals surface area contributed by atoms with E-state index < -0.39 is 9.84 Å². The molecule has 5 rings (SSSR count). The second kappa shape index (κ2) is 8.75. The van der Waals surface area contributed by atoms with E-state index in [1.165, 1.54) is 56.5 Å². The highest BCUT2D eigenvalue weighted by atomic mass is 35.5. The van der Waals surface area contributed by atoms with E-state index in [0.29, 0.717) is 28.9 Å². The molecule has 3 aromatic heterocycles. The average molecular weight is 500 g/mol. The highest BCUT2D eigenvalue weighted by Gasteiger charge is 2.48. The molecule has 3 aromatic rings. The fourth-order valence-electron chi connectivity index (χ4n) is 4.56. The molecule has 1 unspecified atom stereocenters. The van der Waals surface area contributed by atoms with Crippen LogP contribution in [0.3, 0.4) is 0 Å². The number of rotatable bonds is 7. The molecule has 0 aromatic carbocycles. The van der Waals surface area contributed by atoms with Crippen LogP contribution in [0.5, 0.6) is 0 Å². The molecule has 178 valence electrons. The molecule has 9 nitrogen and oxygen atoms in total. The predicted molar refractivity (Wildman–Crippen MR) is 131 cm³/mol. The van der Waals surface area contributed by atoms with E-state index in [-0.39, 0.29) is 15.7 Å². The van der Waals surface area contributed by atoms with Crippen molar-refractivity contribution in [2.75, 3.05) is 30.0 Å². The first kappa shape index (κ1) is 22.9. The standard InChI is InChI=1S/C23H26ClN7O2S/c1-15(31-12-23(13-31)6-3-7-23)16-4-5-19(25-10-16)29-20-9-21(28-14-27-20)30-22-18(34(2,32)33)8-17(24)11-26-22/h4-5,8-11,14-15H,3,6-7,12-13H2,1-2H3,(H2,25,26,27,28,29,30). The topological polar surface area (TPSA) is 113 Å². The Kier molecular flexibility index (Phi) is 5.91. The van der Waals surface area contributed by atoms with E-state index >= 15 is 0 Å². The van der Waals surface area contributed by atoms with E-state index in [9.17, 15) is 8.42 Å². The minimum atomic E-state index is -3.54. The van der Waals surface area contributed by atoms with Crippen molar-refractivity contribution < 1.29 is 8.42 Å². The molecule has 11 heteroatoms. The van der Waals surface area contributed by atoms with Gasteiger partial charge in [0.05, 0.1) is 5.02 Å². The molecule has 2 N–H and O–H groups in total. The van der Waals surface area contributed by atoms with Gasteiger partial charge in [0.1, 0.15) is 34.5 Å². The first-order chi connectivity index (χ1) is 16.2. The van der Waals surface area contributed by atoms with Crippen LogP contribution in [-0.4, -0.2) is 52.6 Å². The van der Waals surface area contributed by atoms with Gasteiger partial charge >= 0.3 is 0 Å². The summed E-state index contributed by atoms with van der Waals surface area (Å²) in [6.45, 7) is 4.61. The molecule has 1 saturated heterocycles. The van der Waals surface area contributed by atoms with Crippen molar-refractivity contribution in [1.82, 2.24) is 24.8 Å². The number of nitrogens with zero attached hydrogens (tertiary/aromatic N) is 5. The van der Waals surface area contributed by atoms with Crippen LogP contribution in [0.2, 0.25) is 5.02 Å². The summed E-state index contributed by atoms with van der Waals surface area (Å²) in [5, 5.41) is 6.33. The van der Waals surface area contributed by atoms with Crippen molar-refractivity contribution in [3.8, 4) is 0 Å². The van der Waals surface area contributed by atoms with Crippen molar-refractivity contribution >= 4 is 44.7 Å². The van der Waals surface area contributed by atoms with Crippen LogP contribution in [0.25, 0.3) is 0 Å². The number of hydrogen-bond acceptors (Lipinski definition) is 9. The number of sulfone groups is 1. The van der Waals surface area contributed by atoms with E-state index in [1.807, 2.05) is 12.3 Å². The van der Waals surface area contributed by atoms with Crippen molar-refractivity contribution in [3.63, 3.8) is 0 Å². The van der Waals surface area contributed by atoms with Gasteiger partial charge in [-0.25, -0.2) is 28.4 Å². The van der Waals surface area contributed by atoms with Gasteiger partial charge in [0.2, 0.25) is 0 Å². The van der Waals surface area contributed by atoms with Gasteiger partial charge in [0, 0.05) is 43.8 Å². The lowest BCUT2D eigenvalue weighted by Crippen LogP contribution is -2.59. The van der Waals surface area contributed by atoms with E-state index in [0.717, 1.165) is 6.26 Å². The zero-order chi connectivity index (χ0) is 23.9. The Hall–Kier alpha value is -2.82. The average Bonchev–Trinajstić information content (AvgIpc) is 2.73. The van der Waals surface area contributed by atoms with Gasteiger partial charge < -0.3 is 10.6 Å². The lowest BCUT2D eigenvalue weighted by molar-refractivity contribution is -0.0805. The molecule has 0 amide bonds. The summed E-state index contributed by atoms with van der Waals surface area (Å²) in [6, 6.07) is 7.37. The first-order valence-electron chi connectivity index (χ1n) is 11.1. The minimum Gasteiger partial charge on any atom is -0.325 e. The van der Waals surface area contributed by atoms with Crippen LogP contribution in [0, 0.1) is 5.41 Å². The van der Waals surface area contributed by atoms with Crippen molar-refractivity contribution in [2.45, 2.75) is 37.1 Å². The zero-order valence-corrected chi connectivity index (χ0v) is 20.6. The molecule has 1 saturated carbocycles. The number of hydrogen-bond donors (Lipinski definition) is 2. The number of aromatic nitrogens is 4. The fourth-order valence-corrected chi connectivity index (χ4v) is 5.58. The summed E-state index contributed by atoms with van der Waals surface area (Å²) in [5.74, 6) is 1.68. The second-order valence-corrected chi connectivity index (χ2v) is 11.6. The highest BCUT2D eigenvalue weighted by Crippen LogP contribution is 2.50. The summed E-state index contributed by atoms with van der Waals surface area (Å²) in [4.78, 5) is 19.6. The number of anilines is 4. The van der Waals surface area contributed by atoms with Gasteiger partial charge in [-0.3, -0.25) is 4.90 Å². The SMILES string of the molecule is CC(c1ccc(Nc2cc(Nc3ncc(Cl)cc3S(C)(=O)=O)ncn2)nc1)N1CC2(CCC2)C1. The molecule has 2 fully saturated rings. The summed E-state index contributed by atoms with van der Waals surface area (Å²) in [5.41, 5.74) is 1.79. The maximum absolute atomic E-state index is 12.1. The van der Waals surface area contributed by atoms with Crippen LogP contribution in [-0.2, 0) is 9.84 Å². The molecular formula is C23H26ClN7O2S. The quantitative estimate of drug-likeness (QED) is 0.489. The maximum Gasteiger partial charge on any atom is 0.179 e. The molecule has 1 spiro atoms. The largest absolute Gasteiger partial charge is 0.325 e. The van der Waals surface area contributed by atoms with Crippen LogP contribution in [0.4, 0.5) is 23.3 Å². The molecule has 4 heterocycles. The third kappa shape index (κ3) is 4.70. The van der Waals surface area contributed by atoms with E-state index in [2.05, 4.69) is 48.5 Å². The summed E-state index contributed by atoms with van der Waals surface area (Å²) in [6.07, 6.45) is 9.86. The lowest BCUT2D eigenvalue weighted by Gasteiger charge is -2.58. The van der Waals surface area contributed by atoms with Gasteiger partial charge in [-0.15, -0.1) is 0 Å². The number of nitrogens with one attached hydrogen (secondary N) is 2. The second-order valence-electron chi connectivity index (χ2n) is 9.22. The van der Waals surface area contributed by atoms with Gasteiger partial charge in [0.15, 0.2) is 9.84 Å². The maximum atomic E-state index is 12.1. The Morgan fingerprint density at radius 3 is 2.35 bits per heavy atom. The number of pyridine rings is 2. The summed E-state index contributed by atoms with van der Waals surface area (Å²) >= 11 is 5.92. The lowest BCUT2D eigenvalue weighted by atomic mass is 9.63. The van der Waals surface area contributed by atoms with Crippen molar-refractivity contribution in [1.29, 1.82) is 0 Å². The Bertz CT molecular complexity index is 1310. The van der Waals surface area contributed by atoms with Crippen molar-refractivity contribution in [2.24, 2.45) is 5.41 Å². The Morgan fingerprint density at radius 2 is 1.74 bits per heavy atom. The van der Waals surface area contributed by atoms with E-state index in [1.54, 1.807) is 6.07 Å². The molecule has 1 aliphatic heterocycles. The van der Waals surface area contributed by atoms with Crippen molar-refractivity contribution in [3.05, 3.63) is 53.6 Å². The highest BCUT2D eigenvalue weighted by molar-refractivity contribution is 7.90. The molecule has 0 radical (unpaired) electrons. The molecule has 0 bridgehead atoms. The smallest absolute Gasteiger partial charge is 0.179 e. The Balaban J connectivity index is 1.26. The van der Waals surface area contributed by atoms with Gasteiger partial charge in [-0.05, 0) is 42.9 Å². The van der Waals surface area contributed by atoms with Crippen LogP contribution >= 0.6 is 11.6 Å². The predicted octanol–water partition coefficient (Wildman–Crippen LogP) is 4.36. The van der Waals surface area contributed by atoms with Crippen LogP contribution in [0.1, 0.15) is 37.8 Å². The number of halogens is 1. The monoisotopic (exact) mass is 499 g/mol. The Morgan fingerprint density at radius 1 is 1.00 bits per heavy atom. The zero-order valence-electron chi connectivity index (χ0n) is 19.0. The third-order valence-corrected chi connectivity index (χ3v) is 8.01. The third-order valence-electron chi connectivity index (χ3n) is 6.70. The molecule has 34 heavy (non-hydrogen) atoms. The van der Waals surface area contributed by atoms with Gasteiger partial charge in [-0.2, -0.15) is 0 Å².